The van der Waals surface area contributed by atoms with E-state index in [1.54, 1.807) is 6.20 Å². The van der Waals surface area contributed by atoms with Crippen LogP contribution in [0.5, 0.6) is 0 Å². The maximum Gasteiger partial charge on any atom is 0.251 e. The first-order chi connectivity index (χ1) is 9.28. The quantitative estimate of drug-likeness (QED) is 0.671. The minimum absolute atomic E-state index is 0.0475. The summed E-state index contributed by atoms with van der Waals surface area (Å²) >= 11 is 0. The number of nitrogens with zero attached hydrogens (tertiary/aromatic N) is 1. The summed E-state index contributed by atoms with van der Waals surface area (Å²) in [5.41, 5.74) is 3.55. The predicted octanol–water partition coefficient (Wildman–Crippen LogP) is 2.31. The second-order valence-electron chi connectivity index (χ2n) is 4.31. The van der Waals surface area contributed by atoms with Gasteiger partial charge in [-0.3, -0.25) is 9.89 Å². The van der Waals surface area contributed by atoms with E-state index in [1.807, 2.05) is 37.3 Å². The Balaban J connectivity index is 2.02. The van der Waals surface area contributed by atoms with Crippen molar-refractivity contribution >= 4 is 16.8 Å². The number of aromatic amines is 2. The van der Waals surface area contributed by atoms with E-state index < -0.39 is 0 Å². The average molecular weight is 254 g/mol. The predicted molar refractivity (Wildman–Crippen MR) is 73.9 cm³/mol. The monoisotopic (exact) mass is 254 g/mol. The van der Waals surface area contributed by atoms with E-state index in [9.17, 15) is 4.79 Å². The van der Waals surface area contributed by atoms with Crippen LogP contribution in [0.25, 0.3) is 22.3 Å². The van der Waals surface area contributed by atoms with Crippen LogP contribution in [0.1, 0.15) is 17.3 Å². The number of H-pyrrole nitrogens is 2. The van der Waals surface area contributed by atoms with E-state index in [1.165, 1.54) is 0 Å². The highest BCUT2D eigenvalue weighted by Crippen LogP contribution is 2.23. The summed E-state index contributed by atoms with van der Waals surface area (Å²) in [6.45, 7) is 2.53. The molecule has 0 fully saturated rings. The molecule has 5 heteroatoms. The van der Waals surface area contributed by atoms with Crippen molar-refractivity contribution in [1.29, 1.82) is 0 Å². The number of benzene rings is 1. The standard InChI is InChI=1S/C14H14N4O/c1-2-15-14(19)9-3-4-11-10(7-9)8-13(17-11)12-5-6-16-18-12/h3-8,17H,2H2,1H3,(H,15,19)(H,16,18). The lowest BCUT2D eigenvalue weighted by Crippen LogP contribution is -2.22. The zero-order valence-corrected chi connectivity index (χ0v) is 10.5. The van der Waals surface area contributed by atoms with Crippen LogP contribution in [0.2, 0.25) is 0 Å². The zero-order valence-electron chi connectivity index (χ0n) is 10.5. The lowest BCUT2D eigenvalue weighted by Gasteiger charge is -2.01. The molecular weight excluding hydrogens is 240 g/mol. The Morgan fingerprint density at radius 2 is 2.16 bits per heavy atom. The van der Waals surface area contributed by atoms with Crippen molar-refractivity contribution in [3.8, 4) is 11.4 Å². The summed E-state index contributed by atoms with van der Waals surface area (Å²) in [5, 5.41) is 10.6. The maximum atomic E-state index is 11.8. The molecule has 2 aromatic heterocycles. The lowest BCUT2D eigenvalue weighted by atomic mass is 10.1. The van der Waals surface area contributed by atoms with Crippen molar-refractivity contribution < 1.29 is 4.79 Å². The molecule has 5 nitrogen and oxygen atoms in total. The van der Waals surface area contributed by atoms with E-state index in [0.29, 0.717) is 12.1 Å². The van der Waals surface area contributed by atoms with Gasteiger partial charge < -0.3 is 10.3 Å². The molecular formula is C14H14N4O. The highest BCUT2D eigenvalue weighted by Gasteiger charge is 2.08. The van der Waals surface area contributed by atoms with Crippen molar-refractivity contribution in [2.45, 2.75) is 6.92 Å². The number of hydrogen-bond donors (Lipinski definition) is 3. The largest absolute Gasteiger partial charge is 0.353 e. The van der Waals surface area contributed by atoms with Crippen molar-refractivity contribution in [3.05, 3.63) is 42.1 Å². The van der Waals surface area contributed by atoms with Gasteiger partial charge in [0, 0.05) is 29.2 Å². The van der Waals surface area contributed by atoms with Gasteiger partial charge in [0.05, 0.1) is 11.4 Å². The van der Waals surface area contributed by atoms with Crippen molar-refractivity contribution in [3.63, 3.8) is 0 Å². The molecule has 0 aliphatic heterocycles. The van der Waals surface area contributed by atoms with Gasteiger partial charge in [0.2, 0.25) is 0 Å². The molecule has 0 unspecified atom stereocenters. The fourth-order valence-corrected chi connectivity index (χ4v) is 2.09. The molecule has 0 atom stereocenters. The molecule has 3 aromatic rings. The van der Waals surface area contributed by atoms with Gasteiger partial charge in [-0.05, 0) is 37.3 Å². The molecule has 2 heterocycles. The Labute approximate surface area is 110 Å². The van der Waals surface area contributed by atoms with E-state index in [0.717, 1.165) is 22.3 Å². The highest BCUT2D eigenvalue weighted by molar-refractivity contribution is 5.98. The molecule has 0 saturated carbocycles. The van der Waals surface area contributed by atoms with Crippen LogP contribution in [0.3, 0.4) is 0 Å². The van der Waals surface area contributed by atoms with Crippen molar-refractivity contribution in [2.24, 2.45) is 0 Å². The SMILES string of the molecule is CCNC(=O)c1ccc2[nH]c(-c3ccn[nH]3)cc2c1. The number of carbonyl (C=O) groups excluding carboxylic acids is 1. The Hall–Kier alpha value is -2.56. The number of aromatic nitrogens is 3. The average Bonchev–Trinajstić information content (AvgIpc) is 3.07. The molecule has 1 aromatic carbocycles. The molecule has 19 heavy (non-hydrogen) atoms. The number of fused-ring (bicyclic) bond motifs is 1. The molecule has 0 spiro atoms. The van der Waals surface area contributed by atoms with E-state index in [-0.39, 0.29) is 5.91 Å². The number of carbonyl (C=O) groups is 1. The molecule has 1 amide bonds. The third-order valence-corrected chi connectivity index (χ3v) is 3.01. The second-order valence-corrected chi connectivity index (χ2v) is 4.31. The molecule has 3 rings (SSSR count). The molecule has 0 aliphatic carbocycles. The van der Waals surface area contributed by atoms with Gasteiger partial charge in [-0.15, -0.1) is 0 Å². The number of nitrogens with one attached hydrogen (secondary N) is 3. The smallest absolute Gasteiger partial charge is 0.251 e. The Bertz CT molecular complexity index is 712. The van der Waals surface area contributed by atoms with Crippen molar-refractivity contribution in [2.75, 3.05) is 6.54 Å². The zero-order chi connectivity index (χ0) is 13.2. The van der Waals surface area contributed by atoms with Crippen LogP contribution in [0.4, 0.5) is 0 Å². The first-order valence-electron chi connectivity index (χ1n) is 6.18. The minimum atomic E-state index is -0.0475. The first kappa shape index (κ1) is 11.5. The van der Waals surface area contributed by atoms with E-state index in [4.69, 9.17) is 0 Å². The summed E-state index contributed by atoms with van der Waals surface area (Å²) in [6.07, 6.45) is 1.71. The molecule has 0 saturated heterocycles. The molecule has 0 aliphatic rings. The van der Waals surface area contributed by atoms with Gasteiger partial charge in [-0.25, -0.2) is 0 Å². The van der Waals surface area contributed by atoms with E-state index in [2.05, 4.69) is 20.5 Å². The fraction of sp³-hybridized carbons (Fsp3) is 0.143. The Morgan fingerprint density at radius 3 is 2.89 bits per heavy atom. The van der Waals surface area contributed by atoms with Gasteiger partial charge in [-0.2, -0.15) is 5.10 Å². The molecule has 96 valence electrons. The summed E-state index contributed by atoms with van der Waals surface area (Å²) in [5.74, 6) is -0.0475. The summed E-state index contributed by atoms with van der Waals surface area (Å²) in [6, 6.07) is 9.53. The van der Waals surface area contributed by atoms with Gasteiger partial charge >= 0.3 is 0 Å². The van der Waals surface area contributed by atoms with Gasteiger partial charge in [0.1, 0.15) is 0 Å². The van der Waals surface area contributed by atoms with Gasteiger partial charge in [-0.1, -0.05) is 0 Å². The maximum absolute atomic E-state index is 11.8. The second kappa shape index (κ2) is 4.61. The summed E-state index contributed by atoms with van der Waals surface area (Å²) in [7, 11) is 0. The number of amides is 1. The van der Waals surface area contributed by atoms with Crippen LogP contribution in [-0.2, 0) is 0 Å². The van der Waals surface area contributed by atoms with Crippen molar-refractivity contribution in [1.82, 2.24) is 20.5 Å². The van der Waals surface area contributed by atoms with Crippen LogP contribution in [0.15, 0.2) is 36.5 Å². The molecule has 0 radical (unpaired) electrons. The van der Waals surface area contributed by atoms with Crippen LogP contribution in [-0.4, -0.2) is 27.6 Å². The topological polar surface area (TPSA) is 73.6 Å². The summed E-state index contributed by atoms with van der Waals surface area (Å²) < 4.78 is 0. The summed E-state index contributed by atoms with van der Waals surface area (Å²) in [4.78, 5) is 15.1. The fourth-order valence-electron chi connectivity index (χ4n) is 2.09. The third kappa shape index (κ3) is 2.10. The number of rotatable bonds is 3. The molecule has 0 bridgehead atoms. The normalized spacial score (nSPS) is 10.8. The molecule has 3 N–H and O–H groups in total. The lowest BCUT2D eigenvalue weighted by molar-refractivity contribution is 0.0956. The van der Waals surface area contributed by atoms with Crippen LogP contribution >= 0.6 is 0 Å². The number of hydrogen-bond acceptors (Lipinski definition) is 2. The van der Waals surface area contributed by atoms with E-state index >= 15 is 0 Å². The first-order valence-corrected chi connectivity index (χ1v) is 6.18. The van der Waals surface area contributed by atoms with Crippen LogP contribution in [0, 0.1) is 0 Å². The Morgan fingerprint density at radius 1 is 1.26 bits per heavy atom. The Kier molecular flexibility index (Phi) is 2.79. The minimum Gasteiger partial charge on any atom is -0.353 e. The third-order valence-electron chi connectivity index (χ3n) is 3.01. The van der Waals surface area contributed by atoms with Crippen LogP contribution < -0.4 is 5.32 Å². The van der Waals surface area contributed by atoms with Gasteiger partial charge in [0.25, 0.3) is 5.91 Å². The highest BCUT2D eigenvalue weighted by atomic mass is 16.1. The van der Waals surface area contributed by atoms with Gasteiger partial charge in [0.15, 0.2) is 0 Å².